The highest BCUT2D eigenvalue weighted by atomic mass is 16.6. The number of amides is 1. The Balaban J connectivity index is 0.000000144. The number of hydrogen-bond donors (Lipinski definition) is 2. The topological polar surface area (TPSA) is 110 Å². The largest absolute Gasteiger partial charge is 0.481 e. The van der Waals surface area contributed by atoms with Gasteiger partial charge < -0.3 is 15.2 Å². The first-order valence-electron chi connectivity index (χ1n) is 12.7. The van der Waals surface area contributed by atoms with E-state index in [1.807, 2.05) is 20.8 Å². The van der Waals surface area contributed by atoms with Gasteiger partial charge in [-0.2, -0.15) is 0 Å². The quantitative estimate of drug-likeness (QED) is 0.643. The van der Waals surface area contributed by atoms with Crippen LogP contribution < -0.4 is 5.32 Å². The third-order valence-corrected chi connectivity index (χ3v) is 9.21. The highest BCUT2D eigenvalue weighted by Crippen LogP contribution is 2.58. The van der Waals surface area contributed by atoms with Gasteiger partial charge in [0, 0.05) is 29.2 Å². The number of alkyl carbamates (subject to hydrolysis) is 1. The summed E-state index contributed by atoms with van der Waals surface area (Å²) >= 11 is 0. The van der Waals surface area contributed by atoms with Gasteiger partial charge >= 0.3 is 12.1 Å². The summed E-state index contributed by atoms with van der Waals surface area (Å²) in [7, 11) is 0. The molecule has 182 valence electrons. The van der Waals surface area contributed by atoms with E-state index in [2.05, 4.69) is 5.32 Å². The van der Waals surface area contributed by atoms with Crippen molar-refractivity contribution < 1.29 is 29.0 Å². The van der Waals surface area contributed by atoms with Crippen LogP contribution in [0.25, 0.3) is 0 Å². The van der Waals surface area contributed by atoms with E-state index in [-0.39, 0.29) is 35.3 Å². The zero-order valence-electron chi connectivity index (χ0n) is 20.0. The van der Waals surface area contributed by atoms with Crippen LogP contribution in [-0.4, -0.2) is 39.9 Å². The van der Waals surface area contributed by atoms with Crippen molar-refractivity contribution in [3.8, 4) is 0 Å². The molecule has 8 saturated carbocycles. The molecular weight excluding hydrogens is 422 g/mol. The van der Waals surface area contributed by atoms with Crippen molar-refractivity contribution in [2.24, 2.45) is 40.9 Å². The number of carboxylic acid groups (broad SMARTS) is 1. The molecule has 0 heterocycles. The van der Waals surface area contributed by atoms with Gasteiger partial charge in [0.1, 0.15) is 17.2 Å². The number of rotatable bonds is 2. The Morgan fingerprint density at radius 3 is 1.73 bits per heavy atom. The van der Waals surface area contributed by atoms with E-state index in [4.69, 9.17) is 4.74 Å². The second kappa shape index (κ2) is 7.54. The maximum Gasteiger partial charge on any atom is 0.408 e. The van der Waals surface area contributed by atoms with Gasteiger partial charge in [0.05, 0.1) is 5.41 Å². The Labute approximate surface area is 195 Å². The van der Waals surface area contributed by atoms with Crippen LogP contribution in [-0.2, 0) is 19.1 Å². The average molecular weight is 460 g/mol. The second-order valence-corrected chi connectivity index (χ2v) is 13.0. The molecule has 0 radical (unpaired) electrons. The lowest BCUT2D eigenvalue weighted by Crippen LogP contribution is -2.63. The summed E-state index contributed by atoms with van der Waals surface area (Å²) in [6.07, 6.45) is 8.38. The summed E-state index contributed by atoms with van der Waals surface area (Å²) in [4.78, 5) is 47.1. The van der Waals surface area contributed by atoms with E-state index in [0.29, 0.717) is 36.2 Å². The summed E-state index contributed by atoms with van der Waals surface area (Å²) in [5, 5.41) is 12.3. The molecule has 0 aromatic heterocycles. The summed E-state index contributed by atoms with van der Waals surface area (Å²) < 4.78 is 5.37. The average Bonchev–Trinajstić information content (AvgIpc) is 2.67. The van der Waals surface area contributed by atoms with Gasteiger partial charge in [-0.1, -0.05) is 0 Å². The van der Waals surface area contributed by atoms with Gasteiger partial charge in [0.25, 0.3) is 0 Å². The van der Waals surface area contributed by atoms with Gasteiger partial charge in [-0.3, -0.25) is 14.4 Å². The van der Waals surface area contributed by atoms with E-state index in [9.17, 15) is 24.3 Å². The SMILES string of the molecule is CC(C)(C)OC(=O)NC12CC3CC(C1)C(=O)C(C3)C2.O=C1C2CC3CC1CC(C(=O)O)(C3)C2. The van der Waals surface area contributed by atoms with Gasteiger partial charge in [-0.05, 0) is 96.8 Å². The number of carbonyl (C=O) groups excluding carboxylic acids is 3. The Morgan fingerprint density at radius 1 is 0.818 bits per heavy atom. The Bertz CT molecular complexity index is 852. The van der Waals surface area contributed by atoms with Gasteiger partial charge in [-0.15, -0.1) is 0 Å². The molecule has 0 aromatic carbocycles. The predicted molar refractivity (Wildman–Crippen MR) is 119 cm³/mol. The van der Waals surface area contributed by atoms with Crippen LogP contribution >= 0.6 is 0 Å². The van der Waals surface area contributed by atoms with E-state index >= 15 is 0 Å². The fourth-order valence-corrected chi connectivity index (χ4v) is 8.43. The molecule has 0 spiro atoms. The van der Waals surface area contributed by atoms with Crippen molar-refractivity contribution in [2.75, 3.05) is 0 Å². The molecule has 1 amide bonds. The molecule has 0 aliphatic heterocycles. The summed E-state index contributed by atoms with van der Waals surface area (Å²) in [6.45, 7) is 5.61. The molecule has 8 aliphatic carbocycles. The number of ether oxygens (including phenoxy) is 1. The zero-order chi connectivity index (χ0) is 23.8. The highest BCUT2D eigenvalue weighted by molar-refractivity contribution is 5.89. The smallest absolute Gasteiger partial charge is 0.408 e. The molecular formula is C26H37NO6. The van der Waals surface area contributed by atoms with Gasteiger partial charge in [-0.25, -0.2) is 4.79 Å². The van der Waals surface area contributed by atoms with Crippen molar-refractivity contribution in [2.45, 2.75) is 96.1 Å². The van der Waals surface area contributed by atoms with Crippen LogP contribution in [0.3, 0.4) is 0 Å². The zero-order valence-corrected chi connectivity index (χ0v) is 20.0. The maximum atomic E-state index is 12.1. The number of nitrogens with one attached hydrogen (secondary N) is 1. The van der Waals surface area contributed by atoms with Crippen molar-refractivity contribution in [3.05, 3.63) is 0 Å². The minimum atomic E-state index is -0.663. The number of carboxylic acids is 1. The first kappa shape index (κ1) is 22.9. The van der Waals surface area contributed by atoms with Crippen LogP contribution in [0.2, 0.25) is 0 Å². The van der Waals surface area contributed by atoms with Crippen LogP contribution in [0, 0.1) is 40.9 Å². The van der Waals surface area contributed by atoms with Gasteiger partial charge in [0.15, 0.2) is 0 Å². The minimum Gasteiger partial charge on any atom is -0.481 e. The number of aliphatic carboxylic acids is 1. The highest BCUT2D eigenvalue weighted by Gasteiger charge is 2.58. The van der Waals surface area contributed by atoms with Crippen molar-refractivity contribution >= 4 is 23.6 Å². The van der Waals surface area contributed by atoms with Crippen molar-refractivity contribution in [1.29, 1.82) is 0 Å². The normalized spacial score (nSPS) is 44.3. The number of carbonyl (C=O) groups is 4. The molecule has 4 unspecified atom stereocenters. The third-order valence-electron chi connectivity index (χ3n) is 9.21. The second-order valence-electron chi connectivity index (χ2n) is 13.0. The summed E-state index contributed by atoms with van der Waals surface area (Å²) in [5.41, 5.74) is -1.17. The molecule has 7 nitrogen and oxygen atoms in total. The molecule has 33 heavy (non-hydrogen) atoms. The summed E-state index contributed by atoms with van der Waals surface area (Å²) in [5.74, 6) is 1.79. The molecule has 0 saturated heterocycles. The van der Waals surface area contributed by atoms with Crippen LogP contribution in [0.4, 0.5) is 4.79 Å². The van der Waals surface area contributed by atoms with Crippen molar-refractivity contribution in [3.63, 3.8) is 0 Å². The van der Waals surface area contributed by atoms with E-state index < -0.39 is 17.0 Å². The maximum absolute atomic E-state index is 12.1. The molecule has 4 atom stereocenters. The lowest BCUT2D eigenvalue weighted by Gasteiger charge is -2.55. The number of ketones is 2. The minimum absolute atomic E-state index is 0.0809. The standard InChI is InChI=1S/C15H23NO3.C11H14O3/c1-14(2,3)19-13(18)16-15-6-9-4-10(7-15)12(17)11(5-9)8-15;12-9-7-1-6-2-8(9)5-11(3-6,4-7)10(13)14/h9-11H,4-8H2,1-3H3,(H,16,18);6-8H,1-5H2,(H,13,14). The van der Waals surface area contributed by atoms with Crippen LogP contribution in [0.5, 0.6) is 0 Å². The molecule has 8 aliphatic rings. The molecule has 2 N–H and O–H groups in total. The Kier molecular flexibility index (Phi) is 5.22. The van der Waals surface area contributed by atoms with Crippen LogP contribution in [0.15, 0.2) is 0 Å². The molecule has 8 rings (SSSR count). The van der Waals surface area contributed by atoms with E-state index in [0.717, 1.165) is 51.4 Å². The first-order chi connectivity index (χ1) is 15.4. The van der Waals surface area contributed by atoms with Gasteiger partial charge in [0.2, 0.25) is 0 Å². The Morgan fingerprint density at radius 2 is 1.27 bits per heavy atom. The van der Waals surface area contributed by atoms with E-state index in [1.54, 1.807) is 0 Å². The fourth-order valence-electron chi connectivity index (χ4n) is 8.43. The molecule has 8 fully saturated rings. The lowest BCUT2D eigenvalue weighted by molar-refractivity contribution is -0.169. The van der Waals surface area contributed by atoms with Crippen molar-refractivity contribution in [1.82, 2.24) is 5.32 Å². The third kappa shape index (κ3) is 4.10. The first-order valence-corrected chi connectivity index (χ1v) is 12.7. The Hall–Kier alpha value is -1.92. The molecule has 7 heteroatoms. The predicted octanol–water partition coefficient (Wildman–Crippen LogP) is 4.13. The van der Waals surface area contributed by atoms with Crippen LogP contribution in [0.1, 0.15) is 85.0 Å². The lowest BCUT2D eigenvalue weighted by atomic mass is 9.49. The van der Waals surface area contributed by atoms with E-state index in [1.165, 1.54) is 0 Å². The fraction of sp³-hybridized carbons (Fsp3) is 0.846. The molecule has 8 bridgehead atoms. The number of Topliss-reactive ketones (excluding diaryl/α,β-unsaturated/α-hetero) is 2. The number of hydrogen-bond acceptors (Lipinski definition) is 5. The summed E-state index contributed by atoms with van der Waals surface area (Å²) in [6, 6.07) is 0. The monoisotopic (exact) mass is 459 g/mol. The molecule has 0 aromatic rings.